The normalized spacial score (nSPS) is 39.5. The number of hydrogen-bond acceptors (Lipinski definition) is 2. The summed E-state index contributed by atoms with van der Waals surface area (Å²) in [5, 5.41) is 0. The molecule has 1 fully saturated rings. The third-order valence-electron chi connectivity index (χ3n) is 3.31. The first kappa shape index (κ1) is 9.01. The molecule has 0 amide bonds. The fraction of sp³-hybridized carbons (Fsp3) is 1.00. The quantitative estimate of drug-likeness (QED) is 0.600. The average molecular weight is 156 g/mol. The zero-order valence-corrected chi connectivity index (χ0v) is 7.85. The predicted molar refractivity (Wildman–Crippen MR) is 48.2 cm³/mol. The van der Waals surface area contributed by atoms with Crippen LogP contribution in [0.3, 0.4) is 0 Å². The molecule has 2 unspecified atom stereocenters. The van der Waals surface area contributed by atoms with Gasteiger partial charge in [0.25, 0.3) is 0 Å². The predicted octanol–water partition coefficient (Wildman–Crippen LogP) is 1.24. The van der Waals surface area contributed by atoms with Crippen molar-refractivity contribution in [2.24, 2.45) is 17.4 Å². The number of rotatable bonds is 1. The van der Waals surface area contributed by atoms with Gasteiger partial charge in [0.2, 0.25) is 0 Å². The van der Waals surface area contributed by atoms with Gasteiger partial charge in [-0.05, 0) is 32.6 Å². The third kappa shape index (κ3) is 1.30. The Balaban J connectivity index is 2.81. The monoisotopic (exact) mass is 156 g/mol. The summed E-state index contributed by atoms with van der Waals surface area (Å²) in [6.07, 6.45) is 3.55. The van der Waals surface area contributed by atoms with Crippen molar-refractivity contribution in [1.29, 1.82) is 0 Å². The van der Waals surface area contributed by atoms with Crippen LogP contribution < -0.4 is 11.5 Å². The summed E-state index contributed by atoms with van der Waals surface area (Å²) in [4.78, 5) is 0. The van der Waals surface area contributed by atoms with Crippen LogP contribution in [0.15, 0.2) is 0 Å². The van der Waals surface area contributed by atoms with Crippen molar-refractivity contribution in [3.8, 4) is 0 Å². The second-order valence-corrected chi connectivity index (χ2v) is 4.56. The highest BCUT2D eigenvalue weighted by atomic mass is 14.9. The van der Waals surface area contributed by atoms with Gasteiger partial charge in [-0.3, -0.25) is 0 Å². The van der Waals surface area contributed by atoms with Crippen LogP contribution in [0.2, 0.25) is 0 Å². The first-order chi connectivity index (χ1) is 4.88. The summed E-state index contributed by atoms with van der Waals surface area (Å²) >= 11 is 0. The Labute approximate surface area is 69.3 Å². The largest absolute Gasteiger partial charge is 0.324 e. The van der Waals surface area contributed by atoms with Gasteiger partial charge < -0.3 is 11.5 Å². The van der Waals surface area contributed by atoms with E-state index in [1.54, 1.807) is 0 Å². The maximum atomic E-state index is 6.25. The van der Waals surface area contributed by atoms with Crippen LogP contribution in [0.1, 0.15) is 40.0 Å². The Bertz CT molecular complexity index is 148. The highest BCUT2D eigenvalue weighted by Gasteiger charge is 2.45. The van der Waals surface area contributed by atoms with Crippen molar-refractivity contribution in [3.63, 3.8) is 0 Å². The Hall–Kier alpha value is -0.0800. The van der Waals surface area contributed by atoms with Crippen molar-refractivity contribution in [2.75, 3.05) is 0 Å². The molecule has 1 rings (SSSR count). The first-order valence-electron chi connectivity index (χ1n) is 4.46. The second kappa shape index (κ2) is 2.46. The van der Waals surface area contributed by atoms with Gasteiger partial charge in [0.1, 0.15) is 0 Å². The maximum absolute atomic E-state index is 6.25. The standard InChI is InChI=1S/C9H20N2/c1-7-5-4-6-9(7,11)8(2,3)10/h7H,4-6,10-11H2,1-3H3. The van der Waals surface area contributed by atoms with Crippen molar-refractivity contribution in [2.45, 2.75) is 51.1 Å². The highest BCUT2D eigenvalue weighted by molar-refractivity contribution is 5.07. The van der Waals surface area contributed by atoms with Crippen LogP contribution in [-0.2, 0) is 0 Å². The van der Waals surface area contributed by atoms with Crippen molar-refractivity contribution >= 4 is 0 Å². The van der Waals surface area contributed by atoms with Crippen LogP contribution in [0.4, 0.5) is 0 Å². The summed E-state index contributed by atoms with van der Waals surface area (Å²) in [5.74, 6) is 0.572. The summed E-state index contributed by atoms with van der Waals surface area (Å²) in [5.41, 5.74) is 11.9. The van der Waals surface area contributed by atoms with Gasteiger partial charge in [0.05, 0.1) is 0 Å². The van der Waals surface area contributed by atoms with E-state index in [0.29, 0.717) is 5.92 Å². The van der Waals surface area contributed by atoms with Gasteiger partial charge in [-0.25, -0.2) is 0 Å². The molecule has 1 aliphatic carbocycles. The smallest absolute Gasteiger partial charge is 0.0357 e. The van der Waals surface area contributed by atoms with Crippen LogP contribution in [0, 0.1) is 5.92 Å². The number of hydrogen-bond donors (Lipinski definition) is 2. The van der Waals surface area contributed by atoms with Crippen molar-refractivity contribution < 1.29 is 0 Å². The van der Waals surface area contributed by atoms with E-state index in [1.165, 1.54) is 12.8 Å². The lowest BCUT2D eigenvalue weighted by atomic mass is 9.74. The van der Waals surface area contributed by atoms with E-state index in [9.17, 15) is 0 Å². The molecule has 2 heteroatoms. The van der Waals surface area contributed by atoms with E-state index < -0.39 is 0 Å². The zero-order chi connectivity index (χ0) is 8.70. The Kier molecular flexibility index (Phi) is 2.01. The molecule has 1 aliphatic rings. The minimum atomic E-state index is -0.233. The Morgan fingerprint density at radius 1 is 1.45 bits per heavy atom. The molecule has 0 heterocycles. The SMILES string of the molecule is CC1CCCC1(N)C(C)(C)N. The van der Waals surface area contributed by atoms with Crippen LogP contribution in [-0.4, -0.2) is 11.1 Å². The summed E-state index contributed by atoms with van der Waals surface area (Å²) in [6.45, 7) is 6.28. The molecule has 2 atom stereocenters. The zero-order valence-electron chi connectivity index (χ0n) is 7.85. The van der Waals surface area contributed by atoms with Gasteiger partial charge >= 0.3 is 0 Å². The van der Waals surface area contributed by atoms with E-state index in [2.05, 4.69) is 6.92 Å². The van der Waals surface area contributed by atoms with Crippen LogP contribution >= 0.6 is 0 Å². The van der Waals surface area contributed by atoms with E-state index in [1.807, 2.05) is 13.8 Å². The average Bonchev–Trinajstić information content (AvgIpc) is 2.12. The topological polar surface area (TPSA) is 52.0 Å². The Morgan fingerprint density at radius 3 is 2.18 bits per heavy atom. The molecule has 2 nitrogen and oxygen atoms in total. The molecule has 0 aliphatic heterocycles. The minimum Gasteiger partial charge on any atom is -0.324 e. The molecule has 0 aromatic carbocycles. The lowest BCUT2D eigenvalue weighted by Crippen LogP contribution is -2.63. The van der Waals surface area contributed by atoms with Crippen LogP contribution in [0.5, 0.6) is 0 Å². The van der Waals surface area contributed by atoms with Gasteiger partial charge in [-0.1, -0.05) is 13.3 Å². The minimum absolute atomic E-state index is 0.132. The maximum Gasteiger partial charge on any atom is 0.0357 e. The molecular formula is C9H20N2. The van der Waals surface area contributed by atoms with E-state index >= 15 is 0 Å². The molecule has 0 bridgehead atoms. The molecule has 0 spiro atoms. The number of nitrogens with two attached hydrogens (primary N) is 2. The lowest BCUT2D eigenvalue weighted by molar-refractivity contribution is 0.207. The van der Waals surface area contributed by atoms with Crippen molar-refractivity contribution in [1.82, 2.24) is 0 Å². The fourth-order valence-electron chi connectivity index (χ4n) is 2.16. The summed E-state index contributed by atoms with van der Waals surface area (Å²) in [7, 11) is 0. The molecule has 4 N–H and O–H groups in total. The lowest BCUT2D eigenvalue weighted by Gasteiger charge is -2.41. The molecule has 1 saturated carbocycles. The fourth-order valence-corrected chi connectivity index (χ4v) is 2.16. The summed E-state index contributed by atoms with van der Waals surface area (Å²) < 4.78 is 0. The van der Waals surface area contributed by atoms with E-state index in [-0.39, 0.29) is 11.1 Å². The molecule has 0 aromatic heterocycles. The molecular weight excluding hydrogens is 136 g/mol. The summed E-state index contributed by atoms with van der Waals surface area (Å²) in [6, 6.07) is 0. The van der Waals surface area contributed by atoms with E-state index in [4.69, 9.17) is 11.5 Å². The molecule has 0 radical (unpaired) electrons. The molecule has 11 heavy (non-hydrogen) atoms. The van der Waals surface area contributed by atoms with Gasteiger partial charge in [-0.2, -0.15) is 0 Å². The Morgan fingerprint density at radius 2 is 2.00 bits per heavy atom. The van der Waals surface area contributed by atoms with Gasteiger partial charge in [0.15, 0.2) is 0 Å². The molecule has 0 saturated heterocycles. The van der Waals surface area contributed by atoms with Gasteiger partial charge in [-0.15, -0.1) is 0 Å². The van der Waals surface area contributed by atoms with Gasteiger partial charge in [0, 0.05) is 11.1 Å². The van der Waals surface area contributed by atoms with E-state index in [0.717, 1.165) is 6.42 Å². The highest BCUT2D eigenvalue weighted by Crippen LogP contribution is 2.39. The first-order valence-corrected chi connectivity index (χ1v) is 4.46. The third-order valence-corrected chi connectivity index (χ3v) is 3.31. The molecule has 66 valence electrons. The van der Waals surface area contributed by atoms with Crippen LogP contribution in [0.25, 0.3) is 0 Å². The van der Waals surface area contributed by atoms with Crippen molar-refractivity contribution in [3.05, 3.63) is 0 Å². The molecule has 0 aromatic rings. The second-order valence-electron chi connectivity index (χ2n) is 4.56.